The monoisotopic (exact) mass is 314 g/mol. The third-order valence-corrected chi connectivity index (χ3v) is 4.63. The highest BCUT2D eigenvalue weighted by molar-refractivity contribution is 5.42. The summed E-state index contributed by atoms with van der Waals surface area (Å²) >= 11 is 0. The van der Waals surface area contributed by atoms with E-state index in [0.29, 0.717) is 5.41 Å². The maximum atomic E-state index is 8.58. The Morgan fingerprint density at radius 2 is 1.59 bits per heavy atom. The Hall–Kier alpha value is -0.870. The van der Waals surface area contributed by atoms with Crippen molar-refractivity contribution in [1.29, 1.82) is 0 Å². The first-order valence-electron chi connectivity index (χ1n) is 8.44. The fourth-order valence-electron chi connectivity index (χ4n) is 1.96. The van der Waals surface area contributed by atoms with Crippen LogP contribution < -0.4 is 5.73 Å². The molecular formula is C18H38N2O2. The van der Waals surface area contributed by atoms with E-state index >= 15 is 0 Å². The van der Waals surface area contributed by atoms with Crippen LogP contribution in [0.2, 0.25) is 0 Å². The zero-order chi connectivity index (χ0) is 17.6. The molecule has 22 heavy (non-hydrogen) atoms. The van der Waals surface area contributed by atoms with Crippen molar-refractivity contribution < 1.29 is 9.53 Å². The highest BCUT2D eigenvalue weighted by atomic mass is 16.5. The Kier molecular flexibility index (Phi) is 13.5. The number of primary amides is 1. The number of amides is 1. The lowest BCUT2D eigenvalue weighted by Crippen LogP contribution is -2.36. The van der Waals surface area contributed by atoms with Gasteiger partial charge in [-0.2, -0.15) is 0 Å². The van der Waals surface area contributed by atoms with Gasteiger partial charge in [-0.05, 0) is 10.8 Å². The van der Waals surface area contributed by atoms with Gasteiger partial charge in [-0.3, -0.25) is 9.69 Å². The minimum atomic E-state index is 0.250. The third-order valence-electron chi connectivity index (χ3n) is 4.63. The largest absolute Gasteiger partial charge is 0.379 e. The summed E-state index contributed by atoms with van der Waals surface area (Å²) in [6, 6.07) is 0. The second-order valence-electron chi connectivity index (χ2n) is 6.41. The summed E-state index contributed by atoms with van der Waals surface area (Å²) < 4.78 is 5.35. The molecule has 1 saturated heterocycles. The Morgan fingerprint density at radius 1 is 1.14 bits per heavy atom. The molecule has 4 nitrogen and oxygen atoms in total. The van der Waals surface area contributed by atoms with E-state index in [9.17, 15) is 0 Å². The lowest BCUT2D eigenvalue weighted by Gasteiger charge is -2.39. The first kappa shape index (κ1) is 23.4. The molecule has 132 valence electrons. The van der Waals surface area contributed by atoms with E-state index in [4.69, 9.17) is 9.53 Å². The molecule has 0 spiro atoms. The number of nitrogens with two attached hydrogens (primary N) is 1. The molecule has 0 aliphatic carbocycles. The second kappa shape index (κ2) is 12.7. The second-order valence-corrected chi connectivity index (χ2v) is 6.41. The van der Waals surface area contributed by atoms with E-state index in [1.807, 2.05) is 13.8 Å². The number of allylic oxidation sites excluding steroid dienone is 1. The molecule has 1 rings (SSSR count). The van der Waals surface area contributed by atoms with Crippen LogP contribution in [-0.4, -0.2) is 44.2 Å². The van der Waals surface area contributed by atoms with Gasteiger partial charge < -0.3 is 10.5 Å². The summed E-state index contributed by atoms with van der Waals surface area (Å²) in [5.74, 6) is 0. The van der Waals surface area contributed by atoms with E-state index in [1.54, 1.807) is 0 Å². The van der Waals surface area contributed by atoms with Crippen molar-refractivity contribution in [3.8, 4) is 0 Å². The number of nitrogens with zero attached hydrogens (tertiary/aromatic N) is 1. The number of rotatable bonds is 5. The van der Waals surface area contributed by atoms with E-state index in [1.165, 1.54) is 6.42 Å². The van der Waals surface area contributed by atoms with Crippen LogP contribution >= 0.6 is 0 Å². The number of carbonyl (C=O) groups excluding carboxylic acids is 1. The van der Waals surface area contributed by atoms with E-state index in [2.05, 4.69) is 57.4 Å². The molecule has 0 aromatic rings. The molecule has 0 atom stereocenters. The minimum absolute atomic E-state index is 0.250. The standard InChI is InChI=1S/C15H29NO.C2H6.CH3NO/c1-6-14(2,3)15(4,5)8-7-9-16-10-12-17-13-11-16;1-2;2-1-3/h7-8H,6,9-13H2,1-5H3;1-2H3;1H,(H2,2,3)/b8-7+;;. The number of ether oxygens (including phenoxy) is 1. The maximum absolute atomic E-state index is 8.58. The molecule has 1 fully saturated rings. The number of morpholine rings is 1. The zero-order valence-electron chi connectivity index (χ0n) is 15.8. The van der Waals surface area contributed by atoms with Crippen LogP contribution in [0.4, 0.5) is 0 Å². The molecular weight excluding hydrogens is 276 g/mol. The Balaban J connectivity index is 0. The van der Waals surface area contributed by atoms with Crippen molar-refractivity contribution in [1.82, 2.24) is 4.90 Å². The van der Waals surface area contributed by atoms with Crippen molar-refractivity contribution in [3.63, 3.8) is 0 Å². The smallest absolute Gasteiger partial charge is 0.204 e. The summed E-state index contributed by atoms with van der Waals surface area (Å²) in [4.78, 5) is 11.0. The molecule has 0 bridgehead atoms. The van der Waals surface area contributed by atoms with Crippen LogP contribution in [0.1, 0.15) is 54.9 Å². The van der Waals surface area contributed by atoms with E-state index in [-0.39, 0.29) is 11.8 Å². The van der Waals surface area contributed by atoms with E-state index < -0.39 is 0 Å². The SMILES string of the molecule is CC.CCC(C)(C)C(C)(C)/C=C/CN1CCOCC1.NC=O. The minimum Gasteiger partial charge on any atom is -0.379 e. The predicted octanol–water partition coefficient (Wildman–Crippen LogP) is 3.46. The number of carbonyl (C=O) groups is 1. The maximum Gasteiger partial charge on any atom is 0.204 e. The lowest BCUT2D eigenvalue weighted by molar-refractivity contribution is -0.106. The van der Waals surface area contributed by atoms with E-state index in [0.717, 1.165) is 32.8 Å². The van der Waals surface area contributed by atoms with Crippen LogP contribution in [-0.2, 0) is 9.53 Å². The molecule has 1 aliphatic heterocycles. The molecule has 4 heteroatoms. The zero-order valence-corrected chi connectivity index (χ0v) is 15.8. The molecule has 0 aromatic carbocycles. The van der Waals surface area contributed by atoms with Gasteiger partial charge in [0, 0.05) is 19.6 Å². The highest BCUT2D eigenvalue weighted by Crippen LogP contribution is 2.42. The first-order chi connectivity index (χ1) is 10.3. The molecule has 2 N–H and O–H groups in total. The molecule has 0 radical (unpaired) electrons. The topological polar surface area (TPSA) is 55.6 Å². The molecule has 1 aliphatic rings. The van der Waals surface area contributed by atoms with Crippen LogP contribution in [0.25, 0.3) is 0 Å². The van der Waals surface area contributed by atoms with Crippen LogP contribution in [0.15, 0.2) is 12.2 Å². The van der Waals surface area contributed by atoms with Crippen molar-refractivity contribution >= 4 is 6.41 Å². The lowest BCUT2D eigenvalue weighted by atomic mass is 9.66. The Morgan fingerprint density at radius 3 is 2.00 bits per heavy atom. The molecule has 1 heterocycles. The molecule has 0 unspecified atom stereocenters. The average molecular weight is 315 g/mol. The molecule has 0 saturated carbocycles. The van der Waals surface area contributed by atoms with Crippen molar-refractivity contribution in [3.05, 3.63) is 12.2 Å². The van der Waals surface area contributed by atoms with Gasteiger partial charge in [0.25, 0.3) is 0 Å². The highest BCUT2D eigenvalue weighted by Gasteiger charge is 2.32. The van der Waals surface area contributed by atoms with Crippen LogP contribution in [0.5, 0.6) is 0 Å². The Labute approximate surface area is 138 Å². The van der Waals surface area contributed by atoms with Gasteiger partial charge in [-0.15, -0.1) is 0 Å². The van der Waals surface area contributed by atoms with Gasteiger partial charge in [-0.1, -0.05) is 67.0 Å². The van der Waals surface area contributed by atoms with Gasteiger partial charge in [-0.25, -0.2) is 0 Å². The van der Waals surface area contributed by atoms with Crippen molar-refractivity contribution in [2.75, 3.05) is 32.8 Å². The fraction of sp³-hybridized carbons (Fsp3) is 0.833. The summed E-state index contributed by atoms with van der Waals surface area (Å²) in [7, 11) is 0. The van der Waals surface area contributed by atoms with Gasteiger partial charge in [0.2, 0.25) is 6.41 Å². The van der Waals surface area contributed by atoms with Gasteiger partial charge >= 0.3 is 0 Å². The third kappa shape index (κ3) is 9.21. The molecule has 0 aromatic heterocycles. The van der Waals surface area contributed by atoms with Crippen molar-refractivity contribution in [2.45, 2.75) is 54.9 Å². The van der Waals surface area contributed by atoms with Gasteiger partial charge in [0.1, 0.15) is 0 Å². The Bertz CT molecular complexity index is 293. The summed E-state index contributed by atoms with van der Waals surface area (Å²) in [6.45, 7) is 20.6. The molecule has 1 amide bonds. The van der Waals surface area contributed by atoms with Gasteiger partial charge in [0.15, 0.2) is 0 Å². The summed E-state index contributed by atoms with van der Waals surface area (Å²) in [6.07, 6.45) is 6.19. The predicted molar refractivity (Wildman–Crippen MR) is 95.9 cm³/mol. The number of hydrogen-bond donors (Lipinski definition) is 1. The summed E-state index contributed by atoms with van der Waals surface area (Å²) in [5, 5.41) is 0. The first-order valence-corrected chi connectivity index (χ1v) is 8.44. The van der Waals surface area contributed by atoms with Gasteiger partial charge in [0.05, 0.1) is 13.2 Å². The van der Waals surface area contributed by atoms with Crippen LogP contribution in [0.3, 0.4) is 0 Å². The fourth-order valence-corrected chi connectivity index (χ4v) is 1.96. The quantitative estimate of drug-likeness (QED) is 0.624. The average Bonchev–Trinajstić information content (AvgIpc) is 2.51. The van der Waals surface area contributed by atoms with Crippen LogP contribution in [0, 0.1) is 10.8 Å². The normalized spacial score (nSPS) is 16.3. The van der Waals surface area contributed by atoms with Crippen molar-refractivity contribution in [2.24, 2.45) is 16.6 Å². The number of hydrogen-bond acceptors (Lipinski definition) is 3. The summed E-state index contributed by atoms with van der Waals surface area (Å²) in [5.41, 5.74) is 4.78.